The Morgan fingerprint density at radius 3 is 3.06 bits per heavy atom. The molecule has 17 heavy (non-hydrogen) atoms. The van der Waals surface area contributed by atoms with E-state index in [-0.39, 0.29) is 5.75 Å². The maximum Gasteiger partial charge on any atom is 0.313 e. The molecule has 1 aromatic heterocycles. The first-order chi connectivity index (χ1) is 8.16. The van der Waals surface area contributed by atoms with Crippen molar-refractivity contribution < 1.29 is 9.90 Å². The summed E-state index contributed by atoms with van der Waals surface area (Å²) >= 11 is 3.28. The lowest BCUT2D eigenvalue weighted by Crippen LogP contribution is -2.03. The van der Waals surface area contributed by atoms with E-state index in [0.717, 1.165) is 21.0 Å². The van der Waals surface area contributed by atoms with Gasteiger partial charge in [-0.25, -0.2) is 0 Å². The van der Waals surface area contributed by atoms with Crippen LogP contribution in [-0.4, -0.2) is 37.0 Å². The molecule has 8 heteroatoms. The summed E-state index contributed by atoms with van der Waals surface area (Å²) in [5, 5.41) is 20.3. The highest BCUT2D eigenvalue weighted by Crippen LogP contribution is 2.19. The quantitative estimate of drug-likeness (QED) is 0.655. The Morgan fingerprint density at radius 1 is 1.53 bits per heavy atom. The van der Waals surface area contributed by atoms with Gasteiger partial charge >= 0.3 is 5.97 Å². The molecule has 1 N–H and O–H groups in total. The standard InChI is InChI=1S/C9H7IN4O2S/c10-6-2-1-3-7(4-6)14-9(11-12-13-14)17-5-8(15)16/h1-4H,5H2,(H,15,16). The molecule has 2 aromatic rings. The van der Waals surface area contributed by atoms with E-state index in [0.29, 0.717) is 5.16 Å². The Morgan fingerprint density at radius 2 is 2.35 bits per heavy atom. The molecule has 0 amide bonds. The number of aliphatic carboxylic acids is 1. The minimum atomic E-state index is -0.896. The number of aromatic nitrogens is 4. The molecular formula is C9H7IN4O2S. The lowest BCUT2D eigenvalue weighted by molar-refractivity contribution is -0.133. The molecule has 0 saturated carbocycles. The third kappa shape index (κ3) is 3.16. The number of benzene rings is 1. The number of carbonyl (C=O) groups is 1. The molecule has 0 aliphatic heterocycles. The van der Waals surface area contributed by atoms with Crippen LogP contribution in [-0.2, 0) is 4.79 Å². The van der Waals surface area contributed by atoms with Crippen molar-refractivity contribution in [3.05, 3.63) is 27.8 Å². The average molecular weight is 362 g/mol. The van der Waals surface area contributed by atoms with Crippen LogP contribution in [0.1, 0.15) is 0 Å². The first-order valence-corrected chi connectivity index (χ1v) is 6.62. The van der Waals surface area contributed by atoms with Crippen molar-refractivity contribution in [2.45, 2.75) is 5.16 Å². The summed E-state index contributed by atoms with van der Waals surface area (Å²) in [5.41, 5.74) is 0.815. The van der Waals surface area contributed by atoms with Crippen LogP contribution in [0.4, 0.5) is 0 Å². The fourth-order valence-electron chi connectivity index (χ4n) is 1.17. The fraction of sp³-hybridized carbons (Fsp3) is 0.111. The molecule has 0 atom stereocenters. The van der Waals surface area contributed by atoms with Gasteiger partial charge in [-0.1, -0.05) is 17.8 Å². The van der Waals surface area contributed by atoms with Gasteiger partial charge < -0.3 is 5.11 Å². The molecule has 0 fully saturated rings. The number of nitrogens with zero attached hydrogens (tertiary/aromatic N) is 4. The second-order valence-electron chi connectivity index (χ2n) is 3.04. The Balaban J connectivity index is 2.27. The number of hydrogen-bond donors (Lipinski definition) is 1. The van der Waals surface area contributed by atoms with E-state index in [1.54, 1.807) is 0 Å². The van der Waals surface area contributed by atoms with Crippen LogP contribution in [0.3, 0.4) is 0 Å². The van der Waals surface area contributed by atoms with Gasteiger partial charge in [0.2, 0.25) is 5.16 Å². The zero-order valence-corrected chi connectivity index (χ0v) is 11.4. The first-order valence-electron chi connectivity index (χ1n) is 4.56. The summed E-state index contributed by atoms with van der Waals surface area (Å²) in [6.07, 6.45) is 0. The van der Waals surface area contributed by atoms with E-state index in [1.165, 1.54) is 4.68 Å². The summed E-state index contributed by atoms with van der Waals surface area (Å²) in [6, 6.07) is 7.63. The molecule has 0 saturated heterocycles. The van der Waals surface area contributed by atoms with Gasteiger partial charge in [0.15, 0.2) is 0 Å². The van der Waals surface area contributed by atoms with Crippen molar-refractivity contribution in [1.29, 1.82) is 0 Å². The van der Waals surface area contributed by atoms with E-state index < -0.39 is 5.97 Å². The zero-order chi connectivity index (χ0) is 12.3. The number of hydrogen-bond acceptors (Lipinski definition) is 5. The van der Waals surface area contributed by atoms with Gasteiger partial charge in [-0.2, -0.15) is 4.68 Å². The second kappa shape index (κ2) is 5.45. The maximum absolute atomic E-state index is 10.5. The highest BCUT2D eigenvalue weighted by Gasteiger charge is 2.10. The number of rotatable bonds is 4. The molecule has 1 heterocycles. The molecule has 0 radical (unpaired) electrons. The van der Waals surface area contributed by atoms with Gasteiger partial charge in [0, 0.05) is 3.57 Å². The van der Waals surface area contributed by atoms with Crippen LogP contribution in [0, 0.1) is 3.57 Å². The van der Waals surface area contributed by atoms with Gasteiger partial charge in [-0.15, -0.1) is 5.10 Å². The molecule has 1 aromatic carbocycles. The SMILES string of the molecule is O=C(O)CSc1nnnn1-c1cccc(I)c1. The monoisotopic (exact) mass is 362 g/mol. The predicted octanol–water partition coefficient (Wildman–Crippen LogP) is 1.44. The van der Waals surface area contributed by atoms with Crippen molar-refractivity contribution >= 4 is 40.3 Å². The minimum Gasteiger partial charge on any atom is -0.481 e. The highest BCUT2D eigenvalue weighted by molar-refractivity contribution is 14.1. The second-order valence-corrected chi connectivity index (χ2v) is 5.22. The van der Waals surface area contributed by atoms with Crippen LogP contribution >= 0.6 is 34.4 Å². The molecule has 0 spiro atoms. The van der Waals surface area contributed by atoms with Gasteiger partial charge in [-0.3, -0.25) is 4.79 Å². The smallest absolute Gasteiger partial charge is 0.313 e. The van der Waals surface area contributed by atoms with Crippen LogP contribution in [0.5, 0.6) is 0 Å². The van der Waals surface area contributed by atoms with E-state index >= 15 is 0 Å². The van der Waals surface area contributed by atoms with E-state index in [9.17, 15) is 4.79 Å². The Bertz CT molecular complexity index is 545. The molecule has 0 bridgehead atoms. The third-order valence-corrected chi connectivity index (χ3v) is 3.39. The molecule has 0 aliphatic carbocycles. The van der Waals surface area contributed by atoms with Crippen molar-refractivity contribution in [2.75, 3.05) is 5.75 Å². The van der Waals surface area contributed by atoms with Gasteiger partial charge in [0.05, 0.1) is 11.4 Å². The van der Waals surface area contributed by atoms with Gasteiger partial charge in [0.25, 0.3) is 0 Å². The van der Waals surface area contributed by atoms with Crippen molar-refractivity contribution in [3.63, 3.8) is 0 Å². The largest absolute Gasteiger partial charge is 0.481 e. The third-order valence-electron chi connectivity index (χ3n) is 1.82. The number of thioether (sulfide) groups is 1. The molecule has 6 nitrogen and oxygen atoms in total. The average Bonchev–Trinajstić information content (AvgIpc) is 2.74. The van der Waals surface area contributed by atoms with Crippen LogP contribution < -0.4 is 0 Å². The number of halogens is 1. The van der Waals surface area contributed by atoms with E-state index in [2.05, 4.69) is 38.1 Å². The summed E-state index contributed by atoms with van der Waals surface area (Å²) in [4.78, 5) is 10.5. The Kier molecular flexibility index (Phi) is 3.94. The Hall–Kier alpha value is -1.16. The topological polar surface area (TPSA) is 80.9 Å². The lowest BCUT2D eigenvalue weighted by atomic mass is 10.3. The fourth-order valence-corrected chi connectivity index (χ4v) is 2.30. The van der Waals surface area contributed by atoms with E-state index in [1.807, 2.05) is 24.3 Å². The number of tetrazole rings is 1. The molecule has 0 unspecified atom stereocenters. The summed E-state index contributed by atoms with van der Waals surface area (Å²) in [7, 11) is 0. The van der Waals surface area contributed by atoms with Crippen LogP contribution in [0.2, 0.25) is 0 Å². The highest BCUT2D eigenvalue weighted by atomic mass is 127. The maximum atomic E-state index is 10.5. The number of carboxylic acid groups (broad SMARTS) is 1. The van der Waals surface area contributed by atoms with Crippen LogP contribution in [0.25, 0.3) is 5.69 Å². The Labute approximate surface area is 115 Å². The first kappa shape index (κ1) is 12.3. The molecular weight excluding hydrogens is 355 g/mol. The van der Waals surface area contributed by atoms with Crippen molar-refractivity contribution in [1.82, 2.24) is 20.2 Å². The normalized spacial score (nSPS) is 10.4. The van der Waals surface area contributed by atoms with Crippen molar-refractivity contribution in [2.24, 2.45) is 0 Å². The van der Waals surface area contributed by atoms with Gasteiger partial charge in [-0.05, 0) is 51.2 Å². The molecule has 2 rings (SSSR count). The zero-order valence-electron chi connectivity index (χ0n) is 8.45. The lowest BCUT2D eigenvalue weighted by Gasteiger charge is -2.03. The van der Waals surface area contributed by atoms with E-state index in [4.69, 9.17) is 5.11 Å². The summed E-state index contributed by atoms with van der Waals surface area (Å²) in [5.74, 6) is -0.961. The number of carboxylic acids is 1. The van der Waals surface area contributed by atoms with Crippen molar-refractivity contribution in [3.8, 4) is 5.69 Å². The summed E-state index contributed by atoms with van der Waals surface area (Å²) in [6.45, 7) is 0. The molecule has 88 valence electrons. The predicted molar refractivity (Wildman–Crippen MR) is 70.2 cm³/mol. The van der Waals surface area contributed by atoms with Crippen LogP contribution in [0.15, 0.2) is 29.4 Å². The summed E-state index contributed by atoms with van der Waals surface area (Å²) < 4.78 is 2.58. The molecule has 0 aliphatic rings. The van der Waals surface area contributed by atoms with Gasteiger partial charge in [0.1, 0.15) is 0 Å². The minimum absolute atomic E-state index is 0.0652.